The van der Waals surface area contributed by atoms with Gasteiger partial charge in [0.2, 0.25) is 0 Å². The molecule has 0 saturated carbocycles. The summed E-state index contributed by atoms with van der Waals surface area (Å²) in [5.74, 6) is 0.499. The number of pyridine rings is 1. The first kappa shape index (κ1) is 15.9. The standard InChI is InChI=1S/C19H22N4O2/c1-12-5-4-8-22(10-12)19(25)15-9-14-17(21(15)3)20-16-7-6-13(2)11-23(16)18(14)24/h6-7,9,11-12H,4-5,8,10H2,1-3H3/t12-/m0/s1. The lowest BCUT2D eigenvalue weighted by Gasteiger charge is -2.30. The van der Waals surface area contributed by atoms with Crippen LogP contribution in [-0.4, -0.2) is 37.8 Å². The third-order valence-electron chi connectivity index (χ3n) is 5.11. The zero-order chi connectivity index (χ0) is 17.7. The number of rotatable bonds is 1. The first-order chi connectivity index (χ1) is 12.0. The molecule has 0 N–H and O–H groups in total. The second kappa shape index (κ2) is 5.72. The maximum atomic E-state index is 13.0. The summed E-state index contributed by atoms with van der Waals surface area (Å²) in [5, 5.41) is 0.485. The SMILES string of the molecule is Cc1ccc2nc3c(cc(C(=O)N4CCC[C@H](C)C4)n3C)c(=O)n2c1. The van der Waals surface area contributed by atoms with Gasteiger partial charge < -0.3 is 9.47 Å². The van der Waals surface area contributed by atoms with Gasteiger partial charge in [-0.2, -0.15) is 0 Å². The largest absolute Gasteiger partial charge is 0.337 e. The molecule has 3 aromatic heterocycles. The Balaban J connectivity index is 1.87. The summed E-state index contributed by atoms with van der Waals surface area (Å²) in [6.45, 7) is 5.66. The molecule has 1 amide bonds. The molecule has 0 aromatic carbocycles. The minimum Gasteiger partial charge on any atom is -0.337 e. The van der Waals surface area contributed by atoms with E-state index in [0.29, 0.717) is 28.3 Å². The molecule has 0 radical (unpaired) electrons. The number of likely N-dealkylation sites (tertiary alicyclic amines) is 1. The van der Waals surface area contributed by atoms with Crippen molar-refractivity contribution in [2.24, 2.45) is 13.0 Å². The summed E-state index contributed by atoms with van der Waals surface area (Å²) in [6, 6.07) is 5.45. The van der Waals surface area contributed by atoms with Crippen LogP contribution in [0.1, 0.15) is 35.8 Å². The highest BCUT2D eigenvalue weighted by Crippen LogP contribution is 2.21. The molecule has 4 heterocycles. The lowest BCUT2D eigenvalue weighted by atomic mass is 10.00. The minimum absolute atomic E-state index is 0.0170. The number of carbonyl (C=O) groups is 1. The first-order valence-corrected chi connectivity index (χ1v) is 8.73. The summed E-state index contributed by atoms with van der Waals surface area (Å²) in [6.07, 6.45) is 3.97. The lowest BCUT2D eigenvalue weighted by molar-refractivity contribution is 0.0674. The van der Waals surface area contributed by atoms with E-state index in [2.05, 4.69) is 11.9 Å². The number of hydrogen-bond acceptors (Lipinski definition) is 3. The molecule has 1 atom stereocenters. The number of fused-ring (bicyclic) bond motifs is 2. The predicted molar refractivity (Wildman–Crippen MR) is 97.0 cm³/mol. The van der Waals surface area contributed by atoms with E-state index in [9.17, 15) is 9.59 Å². The predicted octanol–water partition coefficient (Wildman–Crippen LogP) is 2.37. The Hall–Kier alpha value is -2.63. The molecule has 3 aromatic rings. The van der Waals surface area contributed by atoms with E-state index in [4.69, 9.17) is 0 Å². The van der Waals surface area contributed by atoms with Crippen LogP contribution in [0.2, 0.25) is 0 Å². The van der Waals surface area contributed by atoms with Crippen LogP contribution < -0.4 is 5.56 Å². The van der Waals surface area contributed by atoms with Crippen LogP contribution in [0.25, 0.3) is 16.7 Å². The summed E-state index contributed by atoms with van der Waals surface area (Å²) >= 11 is 0. The summed E-state index contributed by atoms with van der Waals surface area (Å²) in [5.41, 5.74) is 2.54. The number of nitrogens with zero attached hydrogens (tertiary/aromatic N) is 4. The van der Waals surface area contributed by atoms with Crippen LogP contribution in [0.3, 0.4) is 0 Å². The van der Waals surface area contributed by atoms with Crippen LogP contribution in [0.15, 0.2) is 29.2 Å². The van der Waals surface area contributed by atoms with E-state index >= 15 is 0 Å². The van der Waals surface area contributed by atoms with E-state index in [-0.39, 0.29) is 11.5 Å². The summed E-state index contributed by atoms with van der Waals surface area (Å²) in [4.78, 5) is 32.3. The molecule has 130 valence electrons. The van der Waals surface area contributed by atoms with Crippen molar-refractivity contribution in [1.82, 2.24) is 18.9 Å². The second-order valence-electron chi connectivity index (χ2n) is 7.18. The highest BCUT2D eigenvalue weighted by molar-refractivity contribution is 5.98. The van der Waals surface area contributed by atoms with Gasteiger partial charge in [0.05, 0.1) is 5.39 Å². The molecule has 1 aliphatic rings. The molecular formula is C19H22N4O2. The van der Waals surface area contributed by atoms with E-state index in [1.165, 1.54) is 0 Å². The molecule has 1 aliphatic heterocycles. The van der Waals surface area contributed by atoms with Crippen molar-refractivity contribution < 1.29 is 4.79 Å². The van der Waals surface area contributed by atoms with E-state index in [1.54, 1.807) is 28.3 Å². The van der Waals surface area contributed by atoms with Gasteiger partial charge in [0.1, 0.15) is 17.0 Å². The number of amides is 1. The molecule has 0 bridgehead atoms. The molecule has 0 spiro atoms. The third kappa shape index (κ3) is 2.52. The Morgan fingerprint density at radius 1 is 1.32 bits per heavy atom. The van der Waals surface area contributed by atoms with Gasteiger partial charge in [-0.05, 0) is 43.4 Å². The quantitative estimate of drug-likeness (QED) is 0.684. The average molecular weight is 338 g/mol. The average Bonchev–Trinajstić information content (AvgIpc) is 2.92. The number of hydrogen-bond donors (Lipinski definition) is 0. The van der Waals surface area contributed by atoms with Crippen molar-refractivity contribution in [3.05, 3.63) is 46.0 Å². The van der Waals surface area contributed by atoms with Crippen LogP contribution in [0.4, 0.5) is 0 Å². The van der Waals surface area contributed by atoms with Crippen molar-refractivity contribution in [2.75, 3.05) is 13.1 Å². The number of piperidine rings is 1. The van der Waals surface area contributed by atoms with E-state index in [0.717, 1.165) is 31.5 Å². The van der Waals surface area contributed by atoms with Gasteiger partial charge in [-0.3, -0.25) is 14.0 Å². The first-order valence-electron chi connectivity index (χ1n) is 8.73. The third-order valence-corrected chi connectivity index (χ3v) is 5.11. The Kier molecular flexibility index (Phi) is 3.63. The van der Waals surface area contributed by atoms with Gasteiger partial charge in [-0.25, -0.2) is 4.98 Å². The van der Waals surface area contributed by atoms with Gasteiger partial charge in [0, 0.05) is 26.3 Å². The van der Waals surface area contributed by atoms with E-state index in [1.807, 2.05) is 24.0 Å². The van der Waals surface area contributed by atoms with Crippen LogP contribution in [-0.2, 0) is 7.05 Å². The second-order valence-corrected chi connectivity index (χ2v) is 7.18. The van der Waals surface area contributed by atoms with Crippen LogP contribution in [0, 0.1) is 12.8 Å². The molecule has 4 rings (SSSR count). The Labute approximate surface area is 145 Å². The zero-order valence-corrected chi connectivity index (χ0v) is 14.8. The molecular weight excluding hydrogens is 316 g/mol. The molecule has 0 aliphatic carbocycles. The highest BCUT2D eigenvalue weighted by Gasteiger charge is 2.25. The number of aryl methyl sites for hydroxylation is 2. The molecule has 6 heteroatoms. The number of carbonyl (C=O) groups excluding carboxylic acids is 1. The van der Waals surface area contributed by atoms with Gasteiger partial charge in [0.15, 0.2) is 0 Å². The minimum atomic E-state index is -0.134. The molecule has 6 nitrogen and oxygen atoms in total. The molecule has 1 fully saturated rings. The van der Waals surface area contributed by atoms with Gasteiger partial charge in [-0.1, -0.05) is 13.0 Å². The fraction of sp³-hybridized carbons (Fsp3) is 0.421. The number of aromatic nitrogens is 3. The zero-order valence-electron chi connectivity index (χ0n) is 14.8. The van der Waals surface area contributed by atoms with Crippen molar-refractivity contribution in [2.45, 2.75) is 26.7 Å². The van der Waals surface area contributed by atoms with Gasteiger partial charge >= 0.3 is 0 Å². The van der Waals surface area contributed by atoms with Crippen molar-refractivity contribution >= 4 is 22.6 Å². The molecule has 25 heavy (non-hydrogen) atoms. The Morgan fingerprint density at radius 2 is 2.12 bits per heavy atom. The topological polar surface area (TPSA) is 59.6 Å². The maximum absolute atomic E-state index is 13.0. The van der Waals surface area contributed by atoms with Crippen LogP contribution >= 0.6 is 0 Å². The fourth-order valence-corrected chi connectivity index (χ4v) is 3.72. The van der Waals surface area contributed by atoms with Gasteiger partial charge in [-0.15, -0.1) is 0 Å². The fourth-order valence-electron chi connectivity index (χ4n) is 3.72. The van der Waals surface area contributed by atoms with Crippen molar-refractivity contribution in [3.63, 3.8) is 0 Å². The van der Waals surface area contributed by atoms with Crippen molar-refractivity contribution in [1.29, 1.82) is 0 Å². The Morgan fingerprint density at radius 3 is 2.88 bits per heavy atom. The highest BCUT2D eigenvalue weighted by atomic mass is 16.2. The summed E-state index contributed by atoms with van der Waals surface area (Å²) in [7, 11) is 1.81. The van der Waals surface area contributed by atoms with Crippen LogP contribution in [0.5, 0.6) is 0 Å². The van der Waals surface area contributed by atoms with E-state index < -0.39 is 0 Å². The normalized spacial score (nSPS) is 18.2. The summed E-state index contributed by atoms with van der Waals surface area (Å²) < 4.78 is 3.30. The van der Waals surface area contributed by atoms with Gasteiger partial charge in [0.25, 0.3) is 11.5 Å². The van der Waals surface area contributed by atoms with Crippen molar-refractivity contribution in [3.8, 4) is 0 Å². The molecule has 0 unspecified atom stereocenters. The lowest BCUT2D eigenvalue weighted by Crippen LogP contribution is -2.39. The Bertz CT molecular complexity index is 1050. The smallest absolute Gasteiger partial charge is 0.270 e. The molecule has 1 saturated heterocycles. The monoisotopic (exact) mass is 338 g/mol. The maximum Gasteiger partial charge on any atom is 0.270 e.